The van der Waals surface area contributed by atoms with Crippen molar-refractivity contribution in [3.63, 3.8) is 0 Å². The molecule has 0 aliphatic heterocycles. The van der Waals surface area contributed by atoms with E-state index in [-0.39, 0.29) is 18.9 Å². The van der Waals surface area contributed by atoms with Crippen molar-refractivity contribution in [3.8, 4) is 17.6 Å². The Morgan fingerprint density at radius 2 is 2.29 bits per heavy atom. The molecule has 0 aliphatic rings. The Labute approximate surface area is 126 Å². The first-order valence-corrected chi connectivity index (χ1v) is 7.02. The first-order chi connectivity index (χ1) is 10.2. The highest BCUT2D eigenvalue weighted by molar-refractivity contribution is 7.16. The Balaban J connectivity index is 2.00. The van der Waals surface area contributed by atoms with Gasteiger partial charge in [-0.2, -0.15) is 0 Å². The Bertz CT molecular complexity index is 685. The van der Waals surface area contributed by atoms with Gasteiger partial charge in [-0.1, -0.05) is 41.4 Å². The number of rotatable bonds is 4. The van der Waals surface area contributed by atoms with Crippen LogP contribution in [-0.2, 0) is 11.2 Å². The normalized spacial score (nSPS) is 9.62. The molecule has 2 rings (SSSR count). The number of anilines is 1. The maximum absolute atomic E-state index is 12.0. The molecule has 21 heavy (non-hydrogen) atoms. The number of benzene rings is 1. The summed E-state index contributed by atoms with van der Waals surface area (Å²) in [6.45, 7) is -0.201. The number of hydrogen-bond acceptors (Lipinski definition) is 5. The standard InChI is InChI=1S/C15H14N2O3S/c1-20-13-7-3-2-5-11(13)9-14(19)17-15-16-10-12(21-15)6-4-8-18/h2-3,5,7,10,18H,8-9H2,1H3,(H,16,17,19). The zero-order valence-electron chi connectivity index (χ0n) is 11.4. The highest BCUT2D eigenvalue weighted by atomic mass is 32.1. The molecule has 0 fully saturated rings. The zero-order chi connectivity index (χ0) is 15.1. The molecule has 0 atom stereocenters. The number of nitrogens with one attached hydrogen (secondary N) is 1. The van der Waals surface area contributed by atoms with Crippen molar-refractivity contribution >= 4 is 22.4 Å². The minimum absolute atomic E-state index is 0.171. The molecular weight excluding hydrogens is 288 g/mol. The lowest BCUT2D eigenvalue weighted by Gasteiger charge is -2.07. The van der Waals surface area contributed by atoms with Crippen LogP contribution in [0.5, 0.6) is 5.75 Å². The van der Waals surface area contributed by atoms with E-state index in [1.807, 2.05) is 24.3 Å². The Morgan fingerprint density at radius 3 is 3.05 bits per heavy atom. The SMILES string of the molecule is COc1ccccc1CC(=O)Nc1ncc(C#CCO)s1. The van der Waals surface area contributed by atoms with Crippen LogP contribution in [0.25, 0.3) is 0 Å². The minimum Gasteiger partial charge on any atom is -0.496 e. The molecule has 2 aromatic rings. The predicted octanol–water partition coefficient (Wildman–Crippen LogP) is 1.68. The lowest BCUT2D eigenvalue weighted by molar-refractivity contribution is -0.115. The van der Waals surface area contributed by atoms with Gasteiger partial charge >= 0.3 is 0 Å². The monoisotopic (exact) mass is 302 g/mol. The number of nitrogens with zero attached hydrogens (tertiary/aromatic N) is 1. The summed E-state index contributed by atoms with van der Waals surface area (Å²) in [5.74, 6) is 5.78. The molecule has 0 radical (unpaired) electrons. The first kappa shape index (κ1) is 15.0. The molecule has 0 unspecified atom stereocenters. The maximum atomic E-state index is 12.0. The Kier molecular flexibility index (Phi) is 5.32. The van der Waals surface area contributed by atoms with Gasteiger partial charge in [0.1, 0.15) is 12.4 Å². The van der Waals surface area contributed by atoms with Gasteiger partial charge in [0, 0.05) is 5.56 Å². The summed E-state index contributed by atoms with van der Waals surface area (Å²) in [5.41, 5.74) is 0.814. The van der Waals surface area contributed by atoms with E-state index in [4.69, 9.17) is 9.84 Å². The second-order valence-corrected chi connectivity index (χ2v) is 5.06. The summed E-state index contributed by atoms with van der Waals surface area (Å²) < 4.78 is 5.21. The topological polar surface area (TPSA) is 71.5 Å². The number of methoxy groups -OCH3 is 1. The van der Waals surface area contributed by atoms with E-state index in [0.717, 1.165) is 5.56 Å². The maximum Gasteiger partial charge on any atom is 0.230 e. The average molecular weight is 302 g/mol. The molecule has 108 valence electrons. The zero-order valence-corrected chi connectivity index (χ0v) is 12.2. The van der Waals surface area contributed by atoms with Crippen LogP contribution < -0.4 is 10.1 Å². The van der Waals surface area contributed by atoms with Crippen molar-refractivity contribution in [3.05, 3.63) is 40.9 Å². The van der Waals surface area contributed by atoms with E-state index < -0.39 is 0 Å². The van der Waals surface area contributed by atoms with Gasteiger partial charge in [0.2, 0.25) is 5.91 Å². The van der Waals surface area contributed by atoms with Gasteiger partial charge in [0.15, 0.2) is 5.13 Å². The fraction of sp³-hybridized carbons (Fsp3) is 0.200. The van der Waals surface area contributed by atoms with Crippen LogP contribution in [0.3, 0.4) is 0 Å². The third-order valence-electron chi connectivity index (χ3n) is 2.59. The van der Waals surface area contributed by atoms with Crippen LogP contribution in [0.15, 0.2) is 30.5 Å². The van der Waals surface area contributed by atoms with Crippen molar-refractivity contribution in [1.82, 2.24) is 4.98 Å². The van der Waals surface area contributed by atoms with Gasteiger partial charge in [0.05, 0.1) is 24.6 Å². The fourth-order valence-corrected chi connectivity index (χ4v) is 2.41. The second-order valence-electron chi connectivity index (χ2n) is 4.03. The molecule has 0 saturated carbocycles. The number of ether oxygens (including phenoxy) is 1. The van der Waals surface area contributed by atoms with E-state index in [0.29, 0.717) is 15.8 Å². The highest BCUT2D eigenvalue weighted by Gasteiger charge is 2.10. The van der Waals surface area contributed by atoms with E-state index >= 15 is 0 Å². The summed E-state index contributed by atoms with van der Waals surface area (Å²) in [7, 11) is 1.57. The van der Waals surface area contributed by atoms with Crippen molar-refractivity contribution < 1.29 is 14.6 Å². The van der Waals surface area contributed by atoms with Crippen molar-refractivity contribution in [1.29, 1.82) is 0 Å². The summed E-state index contributed by atoms with van der Waals surface area (Å²) in [4.78, 5) is 16.8. The summed E-state index contributed by atoms with van der Waals surface area (Å²) in [6, 6.07) is 7.37. The third-order valence-corrected chi connectivity index (χ3v) is 3.41. The molecule has 1 heterocycles. The van der Waals surface area contributed by atoms with Crippen LogP contribution in [0.1, 0.15) is 10.4 Å². The number of aromatic nitrogens is 1. The smallest absolute Gasteiger partial charge is 0.230 e. The van der Waals surface area contributed by atoms with Crippen LogP contribution in [-0.4, -0.2) is 29.7 Å². The Morgan fingerprint density at radius 1 is 1.48 bits per heavy atom. The van der Waals surface area contributed by atoms with Crippen LogP contribution in [0.2, 0.25) is 0 Å². The van der Waals surface area contributed by atoms with Gasteiger partial charge in [-0.3, -0.25) is 4.79 Å². The van der Waals surface area contributed by atoms with E-state index in [9.17, 15) is 4.79 Å². The van der Waals surface area contributed by atoms with Crippen LogP contribution in [0.4, 0.5) is 5.13 Å². The number of carbonyl (C=O) groups excluding carboxylic acids is 1. The van der Waals surface area contributed by atoms with Gasteiger partial charge in [-0.25, -0.2) is 4.98 Å². The first-order valence-electron chi connectivity index (χ1n) is 6.20. The minimum atomic E-state index is -0.201. The molecule has 1 aromatic heterocycles. The molecule has 0 bridgehead atoms. The fourth-order valence-electron chi connectivity index (χ4n) is 1.70. The third kappa shape index (κ3) is 4.31. The summed E-state index contributed by atoms with van der Waals surface area (Å²) in [5, 5.41) is 11.8. The average Bonchev–Trinajstić information content (AvgIpc) is 2.93. The molecule has 5 nitrogen and oxygen atoms in total. The van der Waals surface area contributed by atoms with Gasteiger partial charge in [-0.15, -0.1) is 0 Å². The molecule has 6 heteroatoms. The second kappa shape index (κ2) is 7.43. The molecule has 0 saturated heterocycles. The molecule has 0 spiro atoms. The number of amides is 1. The number of para-hydroxylation sites is 1. The summed E-state index contributed by atoms with van der Waals surface area (Å²) >= 11 is 1.26. The highest BCUT2D eigenvalue weighted by Crippen LogP contribution is 2.20. The van der Waals surface area contributed by atoms with Gasteiger partial charge in [0.25, 0.3) is 0 Å². The largest absolute Gasteiger partial charge is 0.496 e. The van der Waals surface area contributed by atoms with Crippen LogP contribution >= 0.6 is 11.3 Å². The van der Waals surface area contributed by atoms with E-state index in [2.05, 4.69) is 22.1 Å². The van der Waals surface area contributed by atoms with Crippen molar-refractivity contribution in [2.24, 2.45) is 0 Å². The number of hydrogen-bond donors (Lipinski definition) is 2. The molecule has 0 aliphatic carbocycles. The molecular formula is C15H14N2O3S. The van der Waals surface area contributed by atoms with Crippen LogP contribution in [0, 0.1) is 11.8 Å². The number of aliphatic hydroxyl groups is 1. The quantitative estimate of drug-likeness (QED) is 0.843. The Hall–Kier alpha value is -2.36. The number of aliphatic hydroxyl groups excluding tert-OH is 1. The predicted molar refractivity (Wildman–Crippen MR) is 81.4 cm³/mol. The molecule has 2 N–H and O–H groups in total. The molecule has 1 aromatic carbocycles. The molecule has 1 amide bonds. The number of thiazole rings is 1. The van der Waals surface area contributed by atoms with Crippen molar-refractivity contribution in [2.75, 3.05) is 19.0 Å². The lowest BCUT2D eigenvalue weighted by Crippen LogP contribution is -2.14. The van der Waals surface area contributed by atoms with Gasteiger partial charge < -0.3 is 15.2 Å². The van der Waals surface area contributed by atoms with Crippen molar-refractivity contribution in [2.45, 2.75) is 6.42 Å². The van der Waals surface area contributed by atoms with E-state index in [1.165, 1.54) is 11.3 Å². The summed E-state index contributed by atoms with van der Waals surface area (Å²) in [6.07, 6.45) is 1.77. The lowest BCUT2D eigenvalue weighted by atomic mass is 10.1. The number of carbonyl (C=O) groups is 1. The van der Waals surface area contributed by atoms with E-state index in [1.54, 1.807) is 13.3 Å². The van der Waals surface area contributed by atoms with Gasteiger partial charge in [-0.05, 0) is 6.07 Å².